The number of amides is 2. The van der Waals surface area contributed by atoms with E-state index in [2.05, 4.69) is 9.83 Å². The van der Waals surface area contributed by atoms with E-state index in [1.807, 2.05) is 0 Å². The molecule has 226 valence electrons. The van der Waals surface area contributed by atoms with Crippen LogP contribution in [0.15, 0.2) is 70.0 Å². The Labute approximate surface area is 246 Å². The number of aryl methyl sites for hydroxylation is 2. The highest BCUT2D eigenvalue weighted by molar-refractivity contribution is 7.91. The molecule has 0 aliphatic carbocycles. The van der Waals surface area contributed by atoms with Crippen molar-refractivity contribution in [2.75, 3.05) is 11.2 Å². The summed E-state index contributed by atoms with van der Waals surface area (Å²) in [6, 6.07) is 5.38. The van der Waals surface area contributed by atoms with Gasteiger partial charge in [0.1, 0.15) is 11.9 Å². The molecule has 16 heteroatoms. The predicted molar refractivity (Wildman–Crippen MR) is 149 cm³/mol. The van der Waals surface area contributed by atoms with Crippen molar-refractivity contribution in [3.8, 4) is 6.07 Å². The molecule has 0 radical (unpaired) electrons. The van der Waals surface area contributed by atoms with E-state index in [1.165, 1.54) is 31.5 Å². The van der Waals surface area contributed by atoms with Gasteiger partial charge in [-0.2, -0.15) is 26.9 Å². The number of carbonyl (C=O) groups excluding carboxylic acids is 1. The highest BCUT2D eigenvalue weighted by atomic mass is 32.2. The van der Waals surface area contributed by atoms with Gasteiger partial charge in [-0.05, 0) is 49.7 Å². The lowest BCUT2D eigenvalue weighted by Gasteiger charge is -2.41. The third-order valence-electron chi connectivity index (χ3n) is 6.58. The van der Waals surface area contributed by atoms with Crippen LogP contribution in [0, 0.1) is 24.8 Å². The first-order chi connectivity index (χ1) is 19.4. The number of rotatable bonds is 5. The number of aromatic nitrogens is 2. The van der Waals surface area contributed by atoms with E-state index in [0.29, 0.717) is 11.0 Å². The van der Waals surface area contributed by atoms with E-state index in [-0.39, 0.29) is 40.1 Å². The van der Waals surface area contributed by atoms with Crippen LogP contribution in [-0.2, 0) is 33.1 Å². The minimum atomic E-state index is -4.98. The SMILES string of the molecule is C.[C-]#[N+]C1=C(C)N(c2cccc(C(F)(F)F)c2)C(=O)N(S(=O)(=O)c2cn(C)c(C)n2)[C@@H]1c1ccc(C#N)cc1S(C)(=O)=O. The molecule has 11 nitrogen and oxygen atoms in total. The molecular formula is C27H25F3N6O5S2. The summed E-state index contributed by atoms with van der Waals surface area (Å²) >= 11 is 0. The van der Waals surface area contributed by atoms with Gasteiger partial charge in [-0.15, -0.1) is 0 Å². The number of nitrogens with zero attached hydrogens (tertiary/aromatic N) is 6. The van der Waals surface area contributed by atoms with Crippen molar-refractivity contribution in [2.45, 2.75) is 43.4 Å². The third kappa shape index (κ3) is 5.71. The number of carbonyl (C=O) groups is 1. The molecule has 1 atom stereocenters. The van der Waals surface area contributed by atoms with Crippen molar-refractivity contribution in [3.05, 3.63) is 94.0 Å². The number of imidazole rings is 1. The molecule has 2 aromatic carbocycles. The molecular weight excluding hydrogens is 609 g/mol. The number of allylic oxidation sites excluding steroid dienone is 1. The lowest BCUT2D eigenvalue weighted by atomic mass is 9.98. The van der Waals surface area contributed by atoms with E-state index >= 15 is 0 Å². The normalized spacial score (nSPS) is 16.0. The molecule has 0 unspecified atom stereocenters. The molecule has 1 aliphatic heterocycles. The summed E-state index contributed by atoms with van der Waals surface area (Å²) < 4.78 is 96.1. The van der Waals surface area contributed by atoms with E-state index < -0.39 is 59.3 Å². The predicted octanol–water partition coefficient (Wildman–Crippen LogP) is 5.18. The van der Waals surface area contributed by atoms with Gasteiger partial charge >= 0.3 is 12.2 Å². The Morgan fingerprint density at radius 3 is 2.26 bits per heavy atom. The van der Waals surface area contributed by atoms with Crippen molar-refractivity contribution < 1.29 is 34.8 Å². The van der Waals surface area contributed by atoms with Crippen molar-refractivity contribution >= 4 is 31.6 Å². The molecule has 4 rings (SSSR count). The molecule has 0 spiro atoms. The zero-order valence-corrected chi connectivity index (χ0v) is 24.0. The van der Waals surface area contributed by atoms with Gasteiger partial charge in [0, 0.05) is 30.9 Å². The second-order valence-electron chi connectivity index (χ2n) is 9.33. The molecule has 0 saturated heterocycles. The number of halogens is 3. The minimum absolute atomic E-state index is 0. The van der Waals surface area contributed by atoms with E-state index in [9.17, 15) is 40.1 Å². The number of sulfonamides is 1. The number of sulfone groups is 1. The molecule has 1 aromatic heterocycles. The third-order valence-corrected chi connectivity index (χ3v) is 9.34. The summed E-state index contributed by atoms with van der Waals surface area (Å²) in [6.07, 6.45) is -2.90. The van der Waals surface area contributed by atoms with Gasteiger partial charge in [-0.1, -0.05) is 19.6 Å². The molecule has 2 heterocycles. The number of benzene rings is 2. The Morgan fingerprint density at radius 1 is 1.09 bits per heavy atom. The van der Waals surface area contributed by atoms with Crippen LogP contribution in [-0.4, -0.2) is 43.0 Å². The molecule has 0 fully saturated rings. The number of hydrogen-bond acceptors (Lipinski definition) is 7. The average Bonchev–Trinajstić information content (AvgIpc) is 3.25. The Morgan fingerprint density at radius 2 is 1.74 bits per heavy atom. The first-order valence-corrected chi connectivity index (χ1v) is 15.1. The second-order valence-corrected chi connectivity index (χ2v) is 13.1. The van der Waals surface area contributed by atoms with Crippen molar-refractivity contribution in [2.24, 2.45) is 7.05 Å². The fraction of sp³-hybridized carbons (Fsp3) is 0.259. The number of nitriles is 1. The van der Waals surface area contributed by atoms with Crippen LogP contribution in [0.5, 0.6) is 0 Å². The maximum absolute atomic E-state index is 14.2. The molecule has 1 aliphatic rings. The molecule has 43 heavy (non-hydrogen) atoms. The monoisotopic (exact) mass is 634 g/mol. The highest BCUT2D eigenvalue weighted by Crippen LogP contribution is 2.45. The van der Waals surface area contributed by atoms with Gasteiger partial charge in [0.25, 0.3) is 10.0 Å². The number of urea groups is 1. The molecule has 0 bridgehead atoms. The average molecular weight is 635 g/mol. The maximum atomic E-state index is 14.2. The Balaban J connectivity index is 0.00000506. The Hall–Kier alpha value is -4.67. The topological polar surface area (TPSA) is 138 Å². The summed E-state index contributed by atoms with van der Waals surface area (Å²) in [6.45, 7) is 10.6. The first-order valence-electron chi connectivity index (χ1n) is 11.8. The standard InChI is InChI=1S/C26H21F3N6O5S2.CH4/c1-15-23(31-3)24(20-10-9-17(13-30)11-21(20)41(5,37)38)35(42(39,40)22-14-33(4)16(2)32-22)25(36)34(15)19-8-6-7-18(12-19)26(27,28)29;/h6-12,14,24H,1-2,4-5H3;1H4/t24-;/m1./s1. The zero-order chi connectivity index (χ0) is 31.4. The number of alkyl halides is 3. The summed E-state index contributed by atoms with van der Waals surface area (Å²) in [5.74, 6) is 0.233. The Bertz CT molecular complexity index is 1950. The lowest BCUT2D eigenvalue weighted by Crippen LogP contribution is -2.52. The van der Waals surface area contributed by atoms with Crippen LogP contribution in [0.2, 0.25) is 0 Å². The fourth-order valence-corrected chi connectivity index (χ4v) is 6.93. The fourth-order valence-electron chi connectivity index (χ4n) is 4.46. The van der Waals surface area contributed by atoms with Crippen molar-refractivity contribution in [1.29, 1.82) is 5.26 Å². The summed E-state index contributed by atoms with van der Waals surface area (Å²) in [5.41, 5.74) is -2.60. The molecule has 0 saturated carbocycles. The minimum Gasteiger partial charge on any atom is -0.337 e. The van der Waals surface area contributed by atoms with Crippen LogP contribution in [0.1, 0.15) is 42.9 Å². The zero-order valence-electron chi connectivity index (χ0n) is 22.4. The first kappa shape index (κ1) is 32.8. The van der Waals surface area contributed by atoms with Crippen LogP contribution in [0.25, 0.3) is 4.85 Å². The van der Waals surface area contributed by atoms with Gasteiger partial charge in [-0.25, -0.2) is 27.3 Å². The van der Waals surface area contributed by atoms with Gasteiger partial charge in [0.05, 0.1) is 28.7 Å². The van der Waals surface area contributed by atoms with Crippen LogP contribution < -0.4 is 4.90 Å². The largest absolute Gasteiger partial charge is 0.416 e. The van der Waals surface area contributed by atoms with Crippen LogP contribution in [0.4, 0.5) is 23.7 Å². The van der Waals surface area contributed by atoms with E-state index in [0.717, 1.165) is 42.8 Å². The van der Waals surface area contributed by atoms with Gasteiger partial charge in [-0.3, -0.25) is 4.90 Å². The van der Waals surface area contributed by atoms with Gasteiger partial charge in [0.2, 0.25) is 5.70 Å². The van der Waals surface area contributed by atoms with Crippen molar-refractivity contribution in [3.63, 3.8) is 0 Å². The van der Waals surface area contributed by atoms with Gasteiger partial charge < -0.3 is 4.57 Å². The highest BCUT2D eigenvalue weighted by Gasteiger charge is 2.49. The maximum Gasteiger partial charge on any atom is 0.416 e. The van der Waals surface area contributed by atoms with Crippen LogP contribution >= 0.6 is 0 Å². The quantitative estimate of drug-likeness (QED) is 0.353. The Kier molecular flexibility index (Phi) is 8.55. The molecule has 0 N–H and O–H groups in total. The summed E-state index contributed by atoms with van der Waals surface area (Å²) in [5, 5.41) is 8.73. The number of hydrogen-bond donors (Lipinski definition) is 0. The smallest absolute Gasteiger partial charge is 0.337 e. The molecule has 3 aromatic rings. The molecule has 2 amide bonds. The van der Waals surface area contributed by atoms with E-state index in [1.54, 1.807) is 6.07 Å². The summed E-state index contributed by atoms with van der Waals surface area (Å²) in [7, 11) is -7.67. The summed E-state index contributed by atoms with van der Waals surface area (Å²) in [4.78, 5) is 21.7. The lowest BCUT2D eigenvalue weighted by molar-refractivity contribution is -0.137. The number of anilines is 1. The second kappa shape index (κ2) is 11.2. The van der Waals surface area contributed by atoms with E-state index in [4.69, 9.17) is 6.57 Å². The van der Waals surface area contributed by atoms with Crippen molar-refractivity contribution in [1.82, 2.24) is 13.9 Å². The van der Waals surface area contributed by atoms with Crippen LogP contribution in [0.3, 0.4) is 0 Å². The van der Waals surface area contributed by atoms with Gasteiger partial charge in [0.15, 0.2) is 14.9 Å².